The van der Waals surface area contributed by atoms with Crippen LogP contribution in [0, 0.1) is 17.8 Å². The van der Waals surface area contributed by atoms with Gasteiger partial charge in [-0.1, -0.05) is 98.9 Å². The van der Waals surface area contributed by atoms with E-state index >= 15 is 0 Å². The standard InChI is InChI=1S/C49H77NO18/c1-28-19-17-15-13-11-9-7-8-10-12-14-16-18-20-35(67-48-45(60)41(50)43(58)31(4)66-48)26-38-40(47(62)63-5)44(59)46(61)49(64-6,68-38)27-34(53)24-37(55)36(54)22-21-32(51)23-33(52)25-39(56)65-30(3)29(2)42(28)57/h7-20,28-38,40-46,48,51-55,57-61H,21-27,50H2,1-6H3/b8-7+,11-9+,12-10+,15-13+,16-14+,19-17+,20-18+. The van der Waals surface area contributed by atoms with E-state index in [9.17, 15) is 60.7 Å². The first-order valence-electron chi connectivity index (χ1n) is 23.2. The summed E-state index contributed by atoms with van der Waals surface area (Å²) < 4.78 is 34.3. The van der Waals surface area contributed by atoms with Gasteiger partial charge < -0.3 is 85.2 Å². The number of ether oxygens (including phenoxy) is 6. The number of fused-ring (bicyclic) bond motifs is 2. The number of carbonyl (C=O) groups excluding carboxylic acids is 2. The van der Waals surface area contributed by atoms with Crippen LogP contribution in [0.25, 0.3) is 0 Å². The summed E-state index contributed by atoms with van der Waals surface area (Å²) in [5.41, 5.74) is 6.07. The molecule has 3 heterocycles. The Morgan fingerprint density at radius 2 is 1.24 bits per heavy atom. The third-order valence-corrected chi connectivity index (χ3v) is 12.7. The van der Waals surface area contributed by atoms with Crippen molar-refractivity contribution >= 4 is 11.9 Å². The van der Waals surface area contributed by atoms with E-state index in [0.717, 1.165) is 14.2 Å². The molecule has 0 aromatic heterocycles. The van der Waals surface area contributed by atoms with Crippen LogP contribution in [0.3, 0.4) is 0 Å². The Kier molecular flexibility index (Phi) is 25.1. The summed E-state index contributed by atoms with van der Waals surface area (Å²) in [4.78, 5) is 25.9. The molecule has 0 aromatic rings. The second-order valence-electron chi connectivity index (χ2n) is 18.0. The lowest BCUT2D eigenvalue weighted by atomic mass is 9.80. The highest BCUT2D eigenvalue weighted by atomic mass is 16.7. The van der Waals surface area contributed by atoms with Gasteiger partial charge in [-0.3, -0.25) is 9.59 Å². The van der Waals surface area contributed by atoms with E-state index < -0.39 is 147 Å². The molecule has 0 spiro atoms. The zero-order valence-electron chi connectivity index (χ0n) is 39.8. The van der Waals surface area contributed by atoms with Crippen LogP contribution in [0.5, 0.6) is 0 Å². The summed E-state index contributed by atoms with van der Waals surface area (Å²) in [7, 11) is 2.22. The molecule has 12 N–H and O–H groups in total. The van der Waals surface area contributed by atoms with Crippen LogP contribution < -0.4 is 5.73 Å². The summed E-state index contributed by atoms with van der Waals surface area (Å²) in [5, 5.41) is 109. The molecule has 68 heavy (non-hydrogen) atoms. The van der Waals surface area contributed by atoms with E-state index in [1.54, 1.807) is 81.5 Å². The molecule has 19 heteroatoms. The number of carbonyl (C=O) groups is 2. The zero-order chi connectivity index (χ0) is 50.7. The Morgan fingerprint density at radius 1 is 0.662 bits per heavy atom. The Hall–Kier alpha value is -3.48. The second kappa shape index (κ2) is 29.0. The van der Waals surface area contributed by atoms with Crippen LogP contribution >= 0.6 is 0 Å². The second-order valence-corrected chi connectivity index (χ2v) is 18.0. The van der Waals surface area contributed by atoms with E-state index in [-0.39, 0.29) is 31.6 Å². The molecule has 19 nitrogen and oxygen atoms in total. The normalized spacial score (nSPS) is 45.1. The minimum atomic E-state index is -2.22. The fourth-order valence-electron chi connectivity index (χ4n) is 8.29. The summed E-state index contributed by atoms with van der Waals surface area (Å²) in [5.74, 6) is -6.19. The van der Waals surface area contributed by atoms with Crippen LogP contribution in [0.15, 0.2) is 85.1 Å². The third-order valence-electron chi connectivity index (χ3n) is 12.7. The number of cyclic esters (lactones) is 1. The number of hydrogen-bond donors (Lipinski definition) is 11. The molecule has 0 amide bonds. The number of methoxy groups -OCH3 is 2. The first kappa shape index (κ1) is 58.8. The van der Waals surface area contributed by atoms with E-state index in [2.05, 4.69) is 0 Å². The number of esters is 2. The van der Waals surface area contributed by atoms with Crippen molar-refractivity contribution in [1.82, 2.24) is 0 Å². The topological polar surface area (TPSA) is 318 Å². The molecule has 0 aromatic carbocycles. The lowest BCUT2D eigenvalue weighted by Gasteiger charge is -2.49. The van der Waals surface area contributed by atoms with E-state index in [4.69, 9.17) is 34.2 Å². The van der Waals surface area contributed by atoms with Crippen LogP contribution in [0.2, 0.25) is 0 Å². The minimum Gasteiger partial charge on any atom is -0.469 e. The number of allylic oxidation sites excluding steroid dienone is 12. The molecule has 2 bridgehead atoms. The Labute approximate surface area is 399 Å². The fourth-order valence-corrected chi connectivity index (χ4v) is 8.29. The van der Waals surface area contributed by atoms with Crippen molar-refractivity contribution in [2.24, 2.45) is 23.5 Å². The van der Waals surface area contributed by atoms with Gasteiger partial charge in [0.15, 0.2) is 12.1 Å². The molecule has 0 saturated carbocycles. The SMILES string of the molecule is COC(=O)C1C2CC(OC3OC(C)C(O)C(N)C3O)/C=C/C=C/C=C/C=C/C=C/C=C/C=C/C(C)C(O)C(C)C(C)OC(=O)CC(O)CC(O)CCC(O)C(O)CC(O)CC(OC)(O2)C(O)C1O. The molecule has 3 aliphatic rings. The first-order valence-corrected chi connectivity index (χ1v) is 23.2. The fraction of sp³-hybridized carbons (Fsp3) is 0.673. The molecule has 3 rings (SSSR count). The number of rotatable bonds is 4. The highest BCUT2D eigenvalue weighted by molar-refractivity contribution is 5.74. The molecule has 20 atom stereocenters. The van der Waals surface area contributed by atoms with Gasteiger partial charge in [0.25, 0.3) is 0 Å². The van der Waals surface area contributed by atoms with E-state index in [0.29, 0.717) is 0 Å². The maximum atomic E-state index is 13.2. The average molecular weight is 968 g/mol. The third kappa shape index (κ3) is 17.7. The van der Waals surface area contributed by atoms with Gasteiger partial charge in [0.1, 0.15) is 30.3 Å². The van der Waals surface area contributed by atoms with Crippen LogP contribution in [0.4, 0.5) is 0 Å². The van der Waals surface area contributed by atoms with E-state index in [1.165, 1.54) is 0 Å². The predicted octanol–water partition coefficient (Wildman–Crippen LogP) is 0.425. The molecule has 2 saturated heterocycles. The van der Waals surface area contributed by atoms with Gasteiger partial charge in [0.2, 0.25) is 0 Å². The molecule has 20 unspecified atom stereocenters. The zero-order valence-corrected chi connectivity index (χ0v) is 39.8. The molecular formula is C49H77NO18. The lowest BCUT2D eigenvalue weighted by molar-refractivity contribution is -0.356. The number of nitrogens with two attached hydrogens (primary N) is 1. The van der Waals surface area contributed by atoms with E-state index in [1.807, 2.05) is 31.2 Å². The molecule has 0 aliphatic carbocycles. The predicted molar refractivity (Wildman–Crippen MR) is 248 cm³/mol. The van der Waals surface area contributed by atoms with Crippen molar-refractivity contribution in [1.29, 1.82) is 0 Å². The van der Waals surface area contributed by atoms with Crippen molar-refractivity contribution in [3.05, 3.63) is 85.1 Å². The molecule has 3 aliphatic heterocycles. The average Bonchev–Trinajstić information content (AvgIpc) is 3.29. The Morgan fingerprint density at radius 3 is 1.81 bits per heavy atom. The molecule has 2 fully saturated rings. The largest absolute Gasteiger partial charge is 0.469 e. The highest BCUT2D eigenvalue weighted by Crippen LogP contribution is 2.41. The summed E-state index contributed by atoms with van der Waals surface area (Å²) in [6, 6.07) is -1.15. The first-order chi connectivity index (χ1) is 32.2. The van der Waals surface area contributed by atoms with Crippen molar-refractivity contribution in [3.8, 4) is 0 Å². The van der Waals surface area contributed by atoms with Crippen LogP contribution in [-0.4, -0.2) is 181 Å². The number of hydrogen-bond acceptors (Lipinski definition) is 19. The Balaban J connectivity index is 1.94. The van der Waals surface area contributed by atoms with Gasteiger partial charge in [0.05, 0.1) is 80.6 Å². The number of aliphatic hydroxyl groups is 10. The van der Waals surface area contributed by atoms with Crippen molar-refractivity contribution < 1.29 is 89.1 Å². The maximum Gasteiger partial charge on any atom is 0.314 e. The van der Waals surface area contributed by atoms with Gasteiger partial charge >= 0.3 is 11.9 Å². The van der Waals surface area contributed by atoms with Crippen molar-refractivity contribution in [2.75, 3.05) is 14.2 Å². The van der Waals surface area contributed by atoms with Crippen LogP contribution in [-0.2, 0) is 38.0 Å². The summed E-state index contributed by atoms with van der Waals surface area (Å²) >= 11 is 0. The molecule has 0 radical (unpaired) electrons. The minimum absolute atomic E-state index is 0.112. The quantitative estimate of drug-likeness (QED) is 0.170. The van der Waals surface area contributed by atoms with Gasteiger partial charge in [0, 0.05) is 38.2 Å². The molecular weight excluding hydrogens is 891 g/mol. The lowest BCUT2D eigenvalue weighted by Crippen LogP contribution is -2.66. The van der Waals surface area contributed by atoms with Crippen molar-refractivity contribution in [2.45, 2.75) is 176 Å². The summed E-state index contributed by atoms with van der Waals surface area (Å²) in [6.45, 7) is 6.76. The van der Waals surface area contributed by atoms with Gasteiger partial charge in [-0.2, -0.15) is 0 Å². The maximum absolute atomic E-state index is 13.2. The summed E-state index contributed by atoms with van der Waals surface area (Å²) in [6.07, 6.45) is 2.22. The van der Waals surface area contributed by atoms with Crippen molar-refractivity contribution in [3.63, 3.8) is 0 Å². The van der Waals surface area contributed by atoms with Gasteiger partial charge in [-0.25, -0.2) is 0 Å². The highest BCUT2D eigenvalue weighted by Gasteiger charge is 2.58. The smallest absolute Gasteiger partial charge is 0.314 e. The van der Waals surface area contributed by atoms with Gasteiger partial charge in [-0.15, -0.1) is 0 Å². The van der Waals surface area contributed by atoms with Crippen LogP contribution in [0.1, 0.15) is 72.6 Å². The molecule has 386 valence electrons. The Bertz CT molecular complexity index is 1740. The number of aliphatic hydroxyl groups excluding tert-OH is 10. The monoisotopic (exact) mass is 968 g/mol. The van der Waals surface area contributed by atoms with Gasteiger partial charge in [-0.05, 0) is 33.1 Å².